The average Bonchev–Trinajstić information content (AvgIpc) is 2.86. The van der Waals surface area contributed by atoms with Gasteiger partial charge in [-0.3, -0.25) is 14.6 Å². The van der Waals surface area contributed by atoms with Crippen molar-refractivity contribution in [2.75, 3.05) is 13.1 Å². The molecule has 1 fully saturated rings. The van der Waals surface area contributed by atoms with Crippen LogP contribution in [0.5, 0.6) is 0 Å². The quantitative estimate of drug-likeness (QED) is 0.804. The van der Waals surface area contributed by atoms with Crippen molar-refractivity contribution in [3.05, 3.63) is 35.9 Å². The standard InChI is InChI=1S/C16H21N3O2S/c1-2-9-18-16-19-15(21)13(22-16)11-14(20)17-10-8-12-6-4-3-5-7-12/h3-7,13H,2,8-11H2,1H3,(H,17,20)(H,18,19,21)/t13-/m0/s1. The molecule has 1 aromatic rings. The van der Waals surface area contributed by atoms with Gasteiger partial charge in [0.05, 0.1) is 0 Å². The summed E-state index contributed by atoms with van der Waals surface area (Å²) in [5.41, 5.74) is 1.18. The third kappa shape index (κ3) is 5.18. The first-order valence-corrected chi connectivity index (χ1v) is 8.39. The summed E-state index contributed by atoms with van der Waals surface area (Å²) >= 11 is 1.35. The van der Waals surface area contributed by atoms with Crippen LogP contribution in [0.3, 0.4) is 0 Å². The molecular formula is C16H21N3O2S. The number of amidine groups is 1. The molecule has 118 valence electrons. The average molecular weight is 319 g/mol. The molecule has 0 unspecified atom stereocenters. The van der Waals surface area contributed by atoms with E-state index < -0.39 is 0 Å². The Bertz CT molecular complexity index is 546. The number of hydrogen-bond acceptors (Lipinski definition) is 4. The zero-order valence-corrected chi connectivity index (χ0v) is 13.5. The van der Waals surface area contributed by atoms with E-state index in [-0.39, 0.29) is 23.5 Å². The topological polar surface area (TPSA) is 70.6 Å². The maximum absolute atomic E-state index is 11.9. The molecule has 0 saturated carbocycles. The number of nitrogens with one attached hydrogen (secondary N) is 2. The minimum Gasteiger partial charge on any atom is -0.356 e. The van der Waals surface area contributed by atoms with Crippen molar-refractivity contribution in [3.8, 4) is 0 Å². The number of benzene rings is 1. The van der Waals surface area contributed by atoms with E-state index in [0.29, 0.717) is 18.3 Å². The maximum Gasteiger partial charge on any atom is 0.240 e. The van der Waals surface area contributed by atoms with Gasteiger partial charge in [-0.2, -0.15) is 0 Å². The fourth-order valence-corrected chi connectivity index (χ4v) is 3.06. The van der Waals surface area contributed by atoms with E-state index in [1.807, 2.05) is 37.3 Å². The van der Waals surface area contributed by atoms with Crippen LogP contribution in [0.4, 0.5) is 0 Å². The SMILES string of the molecule is CCCN=C1NC(=O)[C@H](CC(=O)NCCc2ccccc2)S1. The lowest BCUT2D eigenvalue weighted by Gasteiger charge is -2.07. The summed E-state index contributed by atoms with van der Waals surface area (Å²) in [4.78, 5) is 28.0. The van der Waals surface area contributed by atoms with Crippen molar-refractivity contribution >= 4 is 28.7 Å². The molecule has 1 aromatic carbocycles. The Balaban J connectivity index is 1.72. The second-order valence-corrected chi connectivity index (χ2v) is 6.26. The molecule has 1 heterocycles. The highest BCUT2D eigenvalue weighted by Crippen LogP contribution is 2.22. The van der Waals surface area contributed by atoms with Crippen molar-refractivity contribution in [1.29, 1.82) is 0 Å². The van der Waals surface area contributed by atoms with E-state index in [9.17, 15) is 9.59 Å². The zero-order valence-electron chi connectivity index (χ0n) is 12.7. The van der Waals surface area contributed by atoms with Gasteiger partial charge in [-0.15, -0.1) is 0 Å². The Morgan fingerprint density at radius 2 is 2.14 bits per heavy atom. The third-order valence-corrected chi connectivity index (χ3v) is 4.32. The predicted molar refractivity (Wildman–Crippen MR) is 89.9 cm³/mol. The van der Waals surface area contributed by atoms with Crippen molar-refractivity contribution in [2.24, 2.45) is 4.99 Å². The van der Waals surface area contributed by atoms with Crippen LogP contribution in [0.25, 0.3) is 0 Å². The second kappa shape index (κ2) is 8.58. The van der Waals surface area contributed by atoms with Gasteiger partial charge in [0.1, 0.15) is 5.25 Å². The van der Waals surface area contributed by atoms with Crippen LogP contribution < -0.4 is 10.6 Å². The highest BCUT2D eigenvalue weighted by Gasteiger charge is 2.31. The maximum atomic E-state index is 11.9. The normalized spacial score (nSPS) is 19.2. The van der Waals surface area contributed by atoms with Gasteiger partial charge in [0.15, 0.2) is 5.17 Å². The van der Waals surface area contributed by atoms with Crippen LogP contribution in [0.1, 0.15) is 25.3 Å². The summed E-state index contributed by atoms with van der Waals surface area (Å²) in [6.07, 6.45) is 1.92. The van der Waals surface area contributed by atoms with Gasteiger partial charge < -0.3 is 10.6 Å². The van der Waals surface area contributed by atoms with E-state index in [4.69, 9.17) is 0 Å². The molecule has 0 radical (unpaired) electrons. The smallest absolute Gasteiger partial charge is 0.240 e. The third-order valence-electron chi connectivity index (χ3n) is 3.20. The molecule has 6 heteroatoms. The Morgan fingerprint density at radius 3 is 2.86 bits per heavy atom. The molecule has 1 aliphatic heterocycles. The van der Waals surface area contributed by atoms with Crippen molar-refractivity contribution in [3.63, 3.8) is 0 Å². The summed E-state index contributed by atoms with van der Waals surface area (Å²) in [5.74, 6) is -0.224. The van der Waals surface area contributed by atoms with E-state index in [2.05, 4.69) is 15.6 Å². The van der Waals surface area contributed by atoms with E-state index >= 15 is 0 Å². The Hall–Kier alpha value is -1.82. The summed E-state index contributed by atoms with van der Waals surface area (Å²) in [6, 6.07) is 9.99. The Morgan fingerprint density at radius 1 is 1.36 bits per heavy atom. The summed E-state index contributed by atoms with van der Waals surface area (Å²) in [6.45, 7) is 3.31. The van der Waals surface area contributed by atoms with E-state index in [0.717, 1.165) is 12.8 Å². The van der Waals surface area contributed by atoms with Gasteiger partial charge in [0, 0.05) is 19.5 Å². The predicted octanol–water partition coefficient (Wildman–Crippen LogP) is 1.73. The van der Waals surface area contributed by atoms with E-state index in [1.54, 1.807) is 0 Å². The van der Waals surface area contributed by atoms with Gasteiger partial charge in [-0.25, -0.2) is 0 Å². The molecule has 5 nitrogen and oxygen atoms in total. The number of aliphatic imine (C=N–C) groups is 1. The molecule has 1 aliphatic rings. The molecule has 0 spiro atoms. The largest absolute Gasteiger partial charge is 0.356 e. The minimum atomic E-state index is -0.368. The molecular weight excluding hydrogens is 298 g/mol. The van der Waals surface area contributed by atoms with Crippen LogP contribution >= 0.6 is 11.8 Å². The molecule has 0 aliphatic carbocycles. The Labute approximate surface area is 135 Å². The number of hydrogen-bond donors (Lipinski definition) is 2. The van der Waals surface area contributed by atoms with Gasteiger partial charge in [-0.1, -0.05) is 49.0 Å². The molecule has 22 heavy (non-hydrogen) atoms. The molecule has 0 bridgehead atoms. The first-order chi connectivity index (χ1) is 10.7. The highest BCUT2D eigenvalue weighted by molar-refractivity contribution is 8.15. The van der Waals surface area contributed by atoms with Crippen molar-refractivity contribution in [1.82, 2.24) is 10.6 Å². The van der Waals surface area contributed by atoms with Crippen LogP contribution in [-0.2, 0) is 16.0 Å². The number of rotatable bonds is 7. The van der Waals surface area contributed by atoms with Gasteiger partial charge in [0.2, 0.25) is 11.8 Å². The molecule has 1 atom stereocenters. The van der Waals surface area contributed by atoms with Crippen molar-refractivity contribution in [2.45, 2.75) is 31.4 Å². The lowest BCUT2D eigenvalue weighted by molar-refractivity contribution is -0.125. The molecule has 2 N–H and O–H groups in total. The van der Waals surface area contributed by atoms with Gasteiger partial charge in [-0.05, 0) is 18.4 Å². The van der Waals surface area contributed by atoms with E-state index in [1.165, 1.54) is 17.3 Å². The number of carbonyl (C=O) groups excluding carboxylic acids is 2. The molecule has 0 aromatic heterocycles. The lowest BCUT2D eigenvalue weighted by atomic mass is 10.1. The number of nitrogens with zero attached hydrogens (tertiary/aromatic N) is 1. The van der Waals surface area contributed by atoms with Crippen LogP contribution in [-0.4, -0.2) is 35.3 Å². The number of thioether (sulfide) groups is 1. The van der Waals surface area contributed by atoms with Crippen LogP contribution in [0, 0.1) is 0 Å². The first kappa shape index (κ1) is 16.5. The molecule has 2 amide bonds. The van der Waals surface area contributed by atoms with Crippen molar-refractivity contribution < 1.29 is 9.59 Å². The van der Waals surface area contributed by atoms with Crippen LogP contribution in [0.2, 0.25) is 0 Å². The van der Waals surface area contributed by atoms with Crippen LogP contribution in [0.15, 0.2) is 35.3 Å². The number of amides is 2. The zero-order chi connectivity index (χ0) is 15.8. The first-order valence-electron chi connectivity index (χ1n) is 7.51. The summed E-state index contributed by atoms with van der Waals surface area (Å²) in [7, 11) is 0. The second-order valence-electron chi connectivity index (χ2n) is 5.07. The summed E-state index contributed by atoms with van der Waals surface area (Å²) < 4.78 is 0. The lowest BCUT2D eigenvalue weighted by Crippen LogP contribution is -2.32. The molecule has 2 rings (SSSR count). The van der Waals surface area contributed by atoms with Gasteiger partial charge in [0.25, 0.3) is 0 Å². The monoisotopic (exact) mass is 319 g/mol. The van der Waals surface area contributed by atoms with Gasteiger partial charge >= 0.3 is 0 Å². The summed E-state index contributed by atoms with van der Waals surface area (Å²) in [5, 5.41) is 5.85. The Kier molecular flexibility index (Phi) is 6.45. The highest BCUT2D eigenvalue weighted by atomic mass is 32.2. The number of carbonyl (C=O) groups is 2. The fourth-order valence-electron chi connectivity index (χ4n) is 2.06. The molecule has 1 saturated heterocycles. The fraction of sp³-hybridized carbons (Fsp3) is 0.438. The minimum absolute atomic E-state index is 0.0969.